The van der Waals surface area contributed by atoms with Gasteiger partial charge in [0.1, 0.15) is 0 Å². The van der Waals surface area contributed by atoms with Gasteiger partial charge in [-0.1, -0.05) is 29.8 Å². The lowest BCUT2D eigenvalue weighted by Crippen LogP contribution is -2.35. The smallest absolute Gasteiger partial charge is 0.417 e. The van der Waals surface area contributed by atoms with Crippen LogP contribution in [0.4, 0.5) is 23.7 Å². The Morgan fingerprint density at radius 1 is 1.13 bits per heavy atom. The number of amides is 2. The first-order valence-corrected chi connectivity index (χ1v) is 8.96. The van der Waals surface area contributed by atoms with Crippen molar-refractivity contribution in [1.29, 1.82) is 0 Å². The zero-order valence-corrected chi connectivity index (χ0v) is 16.4. The molecular formula is C20H16ClF3N4O2. The molecule has 2 aromatic carbocycles. The van der Waals surface area contributed by atoms with Gasteiger partial charge in [-0.25, -0.2) is 14.8 Å². The molecule has 0 aliphatic heterocycles. The molecule has 30 heavy (non-hydrogen) atoms. The first-order chi connectivity index (χ1) is 14.2. The lowest BCUT2D eigenvalue weighted by Gasteiger charge is -2.22. The van der Waals surface area contributed by atoms with E-state index in [1.54, 1.807) is 30.6 Å². The molecule has 156 valence electrons. The molecule has 0 unspecified atom stereocenters. The molecule has 0 aliphatic rings. The highest BCUT2D eigenvalue weighted by Crippen LogP contribution is 2.37. The van der Waals surface area contributed by atoms with Crippen LogP contribution in [-0.2, 0) is 12.7 Å². The van der Waals surface area contributed by atoms with E-state index < -0.39 is 22.8 Å². The van der Waals surface area contributed by atoms with Crippen molar-refractivity contribution in [3.63, 3.8) is 0 Å². The third kappa shape index (κ3) is 4.80. The number of nitrogens with two attached hydrogens (primary N) is 1. The third-order valence-corrected chi connectivity index (χ3v) is 4.57. The van der Waals surface area contributed by atoms with E-state index in [4.69, 9.17) is 22.1 Å². The van der Waals surface area contributed by atoms with Gasteiger partial charge >= 0.3 is 18.2 Å². The summed E-state index contributed by atoms with van der Waals surface area (Å²) in [6, 6.07) is 9.57. The van der Waals surface area contributed by atoms with E-state index in [0.717, 1.165) is 22.6 Å². The van der Waals surface area contributed by atoms with Crippen LogP contribution in [0.1, 0.15) is 11.1 Å². The number of carbonyl (C=O) groups is 1. The maximum absolute atomic E-state index is 13.2. The van der Waals surface area contributed by atoms with E-state index in [2.05, 4.69) is 9.97 Å². The maximum atomic E-state index is 13.2. The van der Waals surface area contributed by atoms with Crippen LogP contribution in [0.5, 0.6) is 6.01 Å². The molecule has 0 radical (unpaired) electrons. The second-order valence-electron chi connectivity index (χ2n) is 6.25. The number of primary amides is 1. The predicted octanol–water partition coefficient (Wildman–Crippen LogP) is 4.91. The van der Waals surface area contributed by atoms with E-state index in [9.17, 15) is 18.0 Å². The summed E-state index contributed by atoms with van der Waals surface area (Å²) < 4.78 is 44.5. The molecule has 0 saturated carbocycles. The second kappa shape index (κ2) is 8.58. The van der Waals surface area contributed by atoms with Crippen molar-refractivity contribution in [2.75, 3.05) is 12.0 Å². The number of urea groups is 1. The number of alkyl halides is 3. The number of aromatic nitrogens is 2. The molecule has 6 nitrogen and oxygen atoms in total. The second-order valence-corrected chi connectivity index (χ2v) is 6.65. The van der Waals surface area contributed by atoms with E-state index >= 15 is 0 Å². The van der Waals surface area contributed by atoms with Gasteiger partial charge < -0.3 is 10.5 Å². The average Bonchev–Trinajstić information content (AvgIpc) is 2.72. The molecule has 0 fully saturated rings. The van der Waals surface area contributed by atoms with Gasteiger partial charge in [0, 0.05) is 23.6 Å². The Balaban J connectivity index is 1.92. The summed E-state index contributed by atoms with van der Waals surface area (Å²) >= 11 is 5.66. The largest absolute Gasteiger partial charge is 0.467 e. The van der Waals surface area contributed by atoms with Crippen molar-refractivity contribution in [2.24, 2.45) is 5.73 Å². The van der Waals surface area contributed by atoms with Crippen LogP contribution in [0, 0.1) is 0 Å². The van der Waals surface area contributed by atoms with Gasteiger partial charge in [-0.2, -0.15) is 13.2 Å². The normalized spacial score (nSPS) is 11.2. The first-order valence-electron chi connectivity index (χ1n) is 8.58. The maximum Gasteiger partial charge on any atom is 0.417 e. The van der Waals surface area contributed by atoms with Gasteiger partial charge in [0.05, 0.1) is 24.2 Å². The number of hydrogen-bond donors (Lipinski definition) is 1. The Morgan fingerprint density at radius 3 is 2.43 bits per heavy atom. The number of methoxy groups -OCH3 is 1. The molecule has 0 aliphatic carbocycles. The van der Waals surface area contributed by atoms with Gasteiger partial charge in [0.2, 0.25) is 0 Å². The average molecular weight is 437 g/mol. The molecule has 3 rings (SSSR count). The molecule has 0 spiro atoms. The lowest BCUT2D eigenvalue weighted by molar-refractivity contribution is -0.137. The summed E-state index contributed by atoms with van der Waals surface area (Å²) in [6.07, 6.45) is -1.51. The zero-order chi connectivity index (χ0) is 21.9. The highest BCUT2D eigenvalue weighted by Gasteiger charge is 2.34. The number of halogens is 4. The van der Waals surface area contributed by atoms with Crippen molar-refractivity contribution in [1.82, 2.24) is 9.97 Å². The quantitative estimate of drug-likeness (QED) is 0.616. The van der Waals surface area contributed by atoms with Crippen LogP contribution in [-0.4, -0.2) is 23.1 Å². The van der Waals surface area contributed by atoms with Crippen molar-refractivity contribution < 1.29 is 22.7 Å². The Hall–Kier alpha value is -3.33. The standard InChI is InChI=1S/C20H16ClF3N4O2/c1-30-19-26-9-14(10-27-19)13-4-2-3-12(7-13)11-28(18(25)29)15-5-6-17(21)16(8-15)20(22,23)24/h2-10H,11H2,1H3,(H2,25,29). The SMILES string of the molecule is COc1ncc(-c2cccc(CN(C(N)=O)c3ccc(Cl)c(C(F)(F)F)c3)c2)cn1. The first kappa shape index (κ1) is 21.4. The summed E-state index contributed by atoms with van der Waals surface area (Å²) in [5, 5.41) is -0.461. The Labute approximate surface area is 175 Å². The minimum absolute atomic E-state index is 0.0163. The van der Waals surface area contributed by atoms with Gasteiger partial charge in [-0.15, -0.1) is 0 Å². The molecular weight excluding hydrogens is 421 g/mol. The summed E-state index contributed by atoms with van der Waals surface area (Å²) in [6.45, 7) is -0.0425. The van der Waals surface area contributed by atoms with E-state index in [0.29, 0.717) is 11.1 Å². The van der Waals surface area contributed by atoms with Crippen LogP contribution < -0.4 is 15.4 Å². The van der Waals surface area contributed by atoms with E-state index in [1.807, 2.05) is 6.07 Å². The minimum atomic E-state index is -4.66. The minimum Gasteiger partial charge on any atom is -0.467 e. The summed E-state index contributed by atoms with van der Waals surface area (Å²) in [4.78, 5) is 21.1. The van der Waals surface area contributed by atoms with Gasteiger partial charge in [-0.05, 0) is 35.4 Å². The van der Waals surface area contributed by atoms with Crippen molar-refractivity contribution >= 4 is 23.3 Å². The third-order valence-electron chi connectivity index (χ3n) is 4.24. The summed E-state index contributed by atoms with van der Waals surface area (Å²) in [5.41, 5.74) is 6.48. The predicted molar refractivity (Wildman–Crippen MR) is 106 cm³/mol. The topological polar surface area (TPSA) is 81.3 Å². The monoisotopic (exact) mass is 436 g/mol. The lowest BCUT2D eigenvalue weighted by atomic mass is 10.1. The van der Waals surface area contributed by atoms with Crippen LogP contribution in [0.15, 0.2) is 54.9 Å². The van der Waals surface area contributed by atoms with Crippen LogP contribution in [0.2, 0.25) is 5.02 Å². The fraction of sp³-hybridized carbons (Fsp3) is 0.150. The van der Waals surface area contributed by atoms with E-state index in [1.165, 1.54) is 13.2 Å². The van der Waals surface area contributed by atoms with Crippen molar-refractivity contribution in [3.05, 3.63) is 71.0 Å². The number of ether oxygens (including phenoxy) is 1. The highest BCUT2D eigenvalue weighted by atomic mass is 35.5. The number of rotatable bonds is 5. The number of carbonyl (C=O) groups excluding carboxylic acids is 1. The number of hydrogen-bond acceptors (Lipinski definition) is 4. The van der Waals surface area contributed by atoms with Crippen LogP contribution in [0.3, 0.4) is 0 Å². The Bertz CT molecular complexity index is 1060. The Morgan fingerprint density at radius 2 is 1.83 bits per heavy atom. The molecule has 0 bridgehead atoms. The van der Waals surface area contributed by atoms with Gasteiger partial charge in [0.15, 0.2) is 0 Å². The summed E-state index contributed by atoms with van der Waals surface area (Å²) in [5.74, 6) is 0. The molecule has 1 aromatic heterocycles. The van der Waals surface area contributed by atoms with Gasteiger partial charge in [-0.3, -0.25) is 4.90 Å². The molecule has 3 aromatic rings. The fourth-order valence-electron chi connectivity index (χ4n) is 2.80. The zero-order valence-electron chi connectivity index (χ0n) is 15.7. The van der Waals surface area contributed by atoms with E-state index in [-0.39, 0.29) is 18.2 Å². The van der Waals surface area contributed by atoms with Crippen molar-refractivity contribution in [3.8, 4) is 17.1 Å². The number of benzene rings is 2. The van der Waals surface area contributed by atoms with Gasteiger partial charge in [0.25, 0.3) is 0 Å². The van der Waals surface area contributed by atoms with Crippen molar-refractivity contribution in [2.45, 2.75) is 12.7 Å². The Kier molecular flexibility index (Phi) is 6.12. The fourth-order valence-corrected chi connectivity index (χ4v) is 3.02. The number of anilines is 1. The molecule has 10 heteroatoms. The molecule has 2 N–H and O–H groups in total. The molecule has 0 atom stereocenters. The number of nitrogens with zero attached hydrogens (tertiary/aromatic N) is 3. The molecule has 1 heterocycles. The highest BCUT2D eigenvalue weighted by molar-refractivity contribution is 6.31. The van der Waals surface area contributed by atoms with Crippen LogP contribution >= 0.6 is 11.6 Å². The summed E-state index contributed by atoms with van der Waals surface area (Å²) in [7, 11) is 1.45. The molecule has 0 saturated heterocycles. The van der Waals surface area contributed by atoms with Crippen LogP contribution in [0.25, 0.3) is 11.1 Å². The molecule has 2 amide bonds.